The number of amides is 2. The van der Waals surface area contributed by atoms with Crippen LogP contribution in [0.2, 0.25) is 0 Å². The number of aliphatic hydroxyl groups excluding tert-OH is 2. The zero-order valence-corrected chi connectivity index (χ0v) is 45.3. The van der Waals surface area contributed by atoms with Gasteiger partial charge in [0.1, 0.15) is 11.4 Å². The third kappa shape index (κ3) is 14.2. The lowest BCUT2D eigenvalue weighted by atomic mass is 9.79. The van der Waals surface area contributed by atoms with Crippen LogP contribution < -0.4 is 26.2 Å². The number of hydrogen-bond donors (Lipinski definition) is 9. The van der Waals surface area contributed by atoms with Crippen LogP contribution in [-0.2, 0) is 57.9 Å². The third-order valence-corrected chi connectivity index (χ3v) is 17.5. The Balaban J connectivity index is 0.000000306. The van der Waals surface area contributed by atoms with E-state index < -0.39 is 96.4 Å². The highest BCUT2D eigenvalue weighted by atomic mass is 32.3. The molecule has 2 aromatic carbocycles. The molecular formula is C44H59N9O22S4. The number of fused-ring (bicyclic) bond motifs is 2. The molecule has 11 N–H and O–H groups in total. The van der Waals surface area contributed by atoms with Crippen LogP contribution in [0.4, 0.5) is 11.4 Å². The Kier molecular flexibility index (Phi) is 20.3. The number of aliphatic hydroxyl groups is 2. The Morgan fingerprint density at radius 1 is 0.722 bits per heavy atom. The summed E-state index contributed by atoms with van der Waals surface area (Å²) in [4.78, 5) is 101. The number of nitrogens with one attached hydrogen (secondary N) is 3. The summed E-state index contributed by atoms with van der Waals surface area (Å²) in [6.07, 6.45) is -0.503. The molecule has 0 unspecified atom stereocenters. The molecule has 0 spiro atoms. The fraction of sp³-hybridized carbons (Fsp3) is 0.500. The van der Waals surface area contributed by atoms with Crippen LogP contribution in [0.3, 0.4) is 0 Å². The molecule has 12 atom stereocenters. The molecule has 6 aliphatic rings. The molecule has 2 aromatic rings. The van der Waals surface area contributed by atoms with Gasteiger partial charge in [-0.25, -0.2) is 39.6 Å². The molecule has 6 aliphatic heterocycles. The van der Waals surface area contributed by atoms with Crippen molar-refractivity contribution < 1.29 is 97.2 Å². The lowest BCUT2D eigenvalue weighted by molar-refractivity contribution is -0.385. The predicted molar refractivity (Wildman–Crippen MR) is 277 cm³/mol. The van der Waals surface area contributed by atoms with Gasteiger partial charge in [0.25, 0.3) is 21.6 Å². The number of thioether (sulfide) groups is 2. The molecule has 31 nitrogen and oxygen atoms in total. The molecule has 0 aromatic heterocycles. The number of rotatable bonds is 18. The fourth-order valence-corrected chi connectivity index (χ4v) is 13.3. The number of carbonyl (C=O) groups is 6. The largest absolute Gasteiger partial charge is 0.452 e. The monoisotopic (exact) mass is 1190 g/mol. The minimum atomic E-state index is -4.55. The highest BCUT2D eigenvalue weighted by Crippen LogP contribution is 2.53. The van der Waals surface area contributed by atoms with Gasteiger partial charge < -0.3 is 45.9 Å². The molecule has 4 saturated heterocycles. The highest BCUT2D eigenvalue weighted by Gasteiger charge is 2.62. The molecule has 0 bridgehead atoms. The summed E-state index contributed by atoms with van der Waals surface area (Å²) in [5.41, 5.74) is 5.16. The Morgan fingerprint density at radius 2 is 1.09 bits per heavy atom. The average Bonchev–Trinajstić information content (AvgIpc) is 4.23. The molecule has 0 radical (unpaired) electrons. The van der Waals surface area contributed by atoms with Crippen LogP contribution in [0.25, 0.3) is 0 Å². The number of nitrogens with two attached hydrogens (primary N) is 2. The van der Waals surface area contributed by atoms with Crippen molar-refractivity contribution in [2.75, 3.05) is 26.2 Å². The molecule has 2 amide bonds. The van der Waals surface area contributed by atoms with Gasteiger partial charge in [0.05, 0.1) is 57.1 Å². The fourth-order valence-electron chi connectivity index (χ4n) is 9.83. The predicted octanol–water partition coefficient (Wildman–Crippen LogP) is 0.0762. The Hall–Kier alpha value is -5.90. The summed E-state index contributed by atoms with van der Waals surface area (Å²) in [7, 11) is -8.39. The lowest BCUT2D eigenvalue weighted by Crippen LogP contribution is -2.63. The van der Waals surface area contributed by atoms with Crippen LogP contribution in [0.5, 0.6) is 0 Å². The number of β-lactam (4-membered cyclic amide) rings is 2. The van der Waals surface area contributed by atoms with Crippen LogP contribution >= 0.6 is 23.5 Å². The van der Waals surface area contributed by atoms with Gasteiger partial charge in [0.2, 0.25) is 11.8 Å². The van der Waals surface area contributed by atoms with Crippen LogP contribution in [0.1, 0.15) is 64.1 Å². The van der Waals surface area contributed by atoms with Crippen LogP contribution in [0.15, 0.2) is 69.7 Å². The van der Waals surface area contributed by atoms with Crippen molar-refractivity contribution >= 4 is 91.2 Å². The van der Waals surface area contributed by atoms with Gasteiger partial charge in [0, 0.05) is 97.5 Å². The quantitative estimate of drug-likeness (QED) is 0.0238. The van der Waals surface area contributed by atoms with E-state index in [1.807, 2.05) is 13.8 Å². The van der Waals surface area contributed by atoms with Gasteiger partial charge in [-0.15, -0.1) is 23.5 Å². The van der Waals surface area contributed by atoms with Crippen molar-refractivity contribution in [1.82, 2.24) is 25.2 Å². The summed E-state index contributed by atoms with van der Waals surface area (Å²) in [6.45, 7) is 8.50. The number of carbonyl (C=O) groups excluding carboxylic acids is 6. The maximum atomic E-state index is 13.2. The molecule has 79 heavy (non-hydrogen) atoms. The number of hydrogen-bond acceptors (Lipinski definition) is 27. The summed E-state index contributed by atoms with van der Waals surface area (Å²) < 4.78 is 58.8. The van der Waals surface area contributed by atoms with Gasteiger partial charge in [-0.3, -0.25) is 29.8 Å². The molecule has 0 aliphatic carbocycles. The minimum absolute atomic E-state index is 0. The number of esters is 4. The van der Waals surface area contributed by atoms with E-state index in [1.165, 1.54) is 52.4 Å². The first-order valence-electron chi connectivity index (χ1n) is 23.7. The zero-order chi connectivity index (χ0) is 58.6. The molecule has 436 valence electrons. The van der Waals surface area contributed by atoms with Crippen molar-refractivity contribution in [3.05, 3.63) is 101 Å². The zero-order valence-electron chi connectivity index (χ0n) is 42.0. The molecular weight excluding hydrogens is 1130 g/mol. The van der Waals surface area contributed by atoms with Crippen LogP contribution in [-0.4, -0.2) is 166 Å². The van der Waals surface area contributed by atoms with E-state index >= 15 is 0 Å². The summed E-state index contributed by atoms with van der Waals surface area (Å²) in [6, 6.07) is 8.30. The van der Waals surface area contributed by atoms with E-state index in [0.29, 0.717) is 35.9 Å². The highest BCUT2D eigenvalue weighted by molar-refractivity contribution is 8.04. The van der Waals surface area contributed by atoms with Crippen molar-refractivity contribution in [3.63, 3.8) is 0 Å². The molecule has 0 saturated carbocycles. The van der Waals surface area contributed by atoms with Gasteiger partial charge in [-0.2, -0.15) is 16.8 Å². The molecule has 8 rings (SSSR count). The van der Waals surface area contributed by atoms with E-state index in [1.54, 1.807) is 6.92 Å². The number of benzene rings is 2. The van der Waals surface area contributed by atoms with E-state index in [0.717, 1.165) is 42.8 Å². The number of ether oxygens (including phenoxy) is 2. The number of non-ortho nitro benzene ring substituents is 2. The second-order valence-electron chi connectivity index (χ2n) is 18.7. The summed E-state index contributed by atoms with van der Waals surface area (Å²) in [5.74, 6) is -6.77. The second-order valence-corrected chi connectivity index (χ2v) is 23.9. The minimum Gasteiger partial charge on any atom is -0.393 e. The topological polar surface area (TPSA) is 469 Å². The average molecular weight is 1190 g/mol. The van der Waals surface area contributed by atoms with Gasteiger partial charge >= 0.3 is 34.3 Å². The maximum absolute atomic E-state index is 13.2. The normalized spacial score (nSPS) is 26.8. The third-order valence-electron chi connectivity index (χ3n) is 13.6. The standard InChI is InChI=1S/C22H27N5O9S2.C22H26N4O7S.H2O6S.2H2/c1-10-17-16(11(2)28)20(29)26(17)18(19(10)37-15-7-13(24-9-15)8-25-38(23,34)35)22(31)36-21(30)12-3-5-14(6-4-12)27(32)33;1-10-17-16(11(2)27)20(28)25(17)18(19(10)34-15-7-13(8-23)24-9-15)22(30)33-21(29)12-3-5-14(6-4-12)26(31)32;1-5-7(3,4)6-2;;/h3-6,10-11,13,15-17,24-25,28H,7-9H2,1-2H3,(H2,23,34,35);3-6,10-11,13,15-17,24,27H,7-9,23H2,1-2H3;1-2H;2*1H/t2*10-,11-,13+,15+,16-,17-;;;/m11.../s1. The SMILES string of the molecule is C[C@@H](O)[C@H]1C(=O)N2C(C(=O)OC(=O)c3ccc([N+](=O)[O-])cc3)=C(S[C@@H]3CN[C@H](CN)C3)[C@H](C)[C@H]12.C[C@@H](O)[C@H]1C(=O)N2C(C(=O)OC(=O)c3ccc([N+](=O)[O-])cc3)=C(S[C@@H]3CN[C@H](CNS(N)(=O)=O)C3)[C@H](C)[C@H]12.O=S(=O)(OO)OO.[HH].[HH]. The van der Waals surface area contributed by atoms with E-state index in [-0.39, 0.29) is 83.6 Å². The van der Waals surface area contributed by atoms with Crippen LogP contribution in [0, 0.1) is 43.9 Å². The smallest absolute Gasteiger partial charge is 0.393 e. The van der Waals surface area contributed by atoms with E-state index in [9.17, 15) is 76.0 Å². The van der Waals surface area contributed by atoms with Crippen molar-refractivity contribution in [1.29, 1.82) is 0 Å². The summed E-state index contributed by atoms with van der Waals surface area (Å²) in [5, 5.41) is 67.9. The second kappa shape index (κ2) is 25.7. The summed E-state index contributed by atoms with van der Waals surface area (Å²) >= 11 is 2.80. The van der Waals surface area contributed by atoms with Gasteiger partial charge in [0.15, 0.2) is 0 Å². The first kappa shape index (κ1) is 62.3. The van der Waals surface area contributed by atoms with E-state index in [4.69, 9.17) is 30.9 Å². The molecule has 6 heterocycles. The lowest BCUT2D eigenvalue weighted by Gasteiger charge is -2.46. The van der Waals surface area contributed by atoms with Gasteiger partial charge in [-0.1, -0.05) is 22.5 Å². The first-order chi connectivity index (χ1) is 37.0. The Morgan fingerprint density at radius 3 is 1.39 bits per heavy atom. The number of nitro groups is 2. The molecule has 35 heteroatoms. The van der Waals surface area contributed by atoms with Crippen molar-refractivity contribution in [3.8, 4) is 0 Å². The molecule has 4 fully saturated rings. The number of nitro benzene ring substituents is 2. The first-order valence-corrected chi connectivity index (χ1v) is 28.4. The van der Waals surface area contributed by atoms with Crippen molar-refractivity contribution in [2.45, 2.75) is 87.4 Å². The van der Waals surface area contributed by atoms with E-state index in [2.05, 4.69) is 24.0 Å². The van der Waals surface area contributed by atoms with Crippen molar-refractivity contribution in [2.24, 2.45) is 34.5 Å². The number of nitrogens with zero attached hydrogens (tertiary/aromatic N) is 4. The van der Waals surface area contributed by atoms with Gasteiger partial charge in [-0.05, 0) is 51.0 Å². The maximum Gasteiger partial charge on any atom is 0.452 e. The Labute approximate surface area is 461 Å². The Bertz CT molecular complexity index is 3020.